The Morgan fingerprint density at radius 2 is 2.08 bits per heavy atom. The average Bonchev–Trinajstić information content (AvgIpc) is 2.93. The summed E-state index contributed by atoms with van der Waals surface area (Å²) < 4.78 is 19.0. The number of esters is 1. The summed E-state index contributed by atoms with van der Waals surface area (Å²) in [6.45, 7) is 1.42. The number of benzene rings is 1. The fraction of sp³-hybridized carbons (Fsp3) is 0.118. The monoisotopic (exact) mass is 412 g/mol. The maximum Gasteiger partial charge on any atom is 0.350 e. The number of rotatable bonds is 4. The van der Waals surface area contributed by atoms with Gasteiger partial charge in [0.2, 0.25) is 0 Å². The second-order valence-electron chi connectivity index (χ2n) is 5.26. The second kappa shape index (κ2) is 7.57. The molecule has 1 atom stereocenters. The number of pyridine rings is 1. The van der Waals surface area contributed by atoms with Crippen molar-refractivity contribution in [1.82, 2.24) is 4.98 Å². The van der Waals surface area contributed by atoms with Gasteiger partial charge in [0, 0.05) is 16.3 Å². The highest BCUT2D eigenvalue weighted by Gasteiger charge is 2.24. The molecule has 5 nitrogen and oxygen atoms in total. The third-order valence-corrected chi connectivity index (χ3v) is 5.39. The lowest BCUT2D eigenvalue weighted by atomic mass is 10.2. The number of ether oxygens (including phenoxy) is 1. The van der Waals surface area contributed by atoms with Gasteiger partial charge in [-0.3, -0.25) is 4.79 Å². The van der Waals surface area contributed by atoms with Gasteiger partial charge in [-0.1, -0.05) is 23.2 Å². The van der Waals surface area contributed by atoms with Gasteiger partial charge < -0.3 is 10.1 Å². The van der Waals surface area contributed by atoms with Crippen LogP contribution in [0.1, 0.15) is 16.6 Å². The van der Waals surface area contributed by atoms with E-state index in [1.165, 1.54) is 31.3 Å². The van der Waals surface area contributed by atoms with Crippen LogP contribution in [0.2, 0.25) is 10.2 Å². The molecular weight excluding hydrogens is 402 g/mol. The summed E-state index contributed by atoms with van der Waals surface area (Å²) >= 11 is 13.0. The van der Waals surface area contributed by atoms with Gasteiger partial charge in [0.1, 0.15) is 10.7 Å². The molecule has 0 saturated carbocycles. The van der Waals surface area contributed by atoms with E-state index in [1.807, 2.05) is 0 Å². The van der Waals surface area contributed by atoms with Crippen molar-refractivity contribution in [2.45, 2.75) is 13.0 Å². The lowest BCUT2D eigenvalue weighted by molar-refractivity contribution is -0.123. The maximum atomic E-state index is 13.3. The molecule has 0 saturated heterocycles. The first-order valence-electron chi connectivity index (χ1n) is 7.36. The van der Waals surface area contributed by atoms with Gasteiger partial charge in [-0.15, -0.1) is 11.3 Å². The Labute approximate surface area is 161 Å². The average molecular weight is 413 g/mol. The van der Waals surface area contributed by atoms with Crippen molar-refractivity contribution in [1.29, 1.82) is 0 Å². The number of thiophene rings is 1. The fourth-order valence-corrected chi connectivity index (χ4v) is 3.73. The van der Waals surface area contributed by atoms with Gasteiger partial charge >= 0.3 is 5.97 Å². The number of fused-ring (bicyclic) bond motifs is 1. The van der Waals surface area contributed by atoms with Crippen molar-refractivity contribution in [3.63, 3.8) is 0 Å². The molecule has 26 heavy (non-hydrogen) atoms. The van der Waals surface area contributed by atoms with Crippen molar-refractivity contribution in [3.8, 4) is 0 Å². The minimum Gasteiger partial charge on any atom is -0.448 e. The topological polar surface area (TPSA) is 68.3 Å². The Morgan fingerprint density at radius 3 is 2.81 bits per heavy atom. The zero-order valence-corrected chi connectivity index (χ0v) is 15.6. The standard InChI is InChI=1S/C17H11Cl2FN2O3S/c1-8(16(23)22-11-3-2-6-21-15(11)19)25-17(24)14-13(18)10-5-4-9(20)7-12(10)26-14/h2-8H,1H3,(H,22,23)/t8-/m0/s1. The first-order chi connectivity index (χ1) is 12.4. The molecule has 9 heteroatoms. The van der Waals surface area contributed by atoms with E-state index in [-0.39, 0.29) is 15.1 Å². The van der Waals surface area contributed by atoms with Crippen molar-refractivity contribution < 1.29 is 18.7 Å². The summed E-state index contributed by atoms with van der Waals surface area (Å²) in [4.78, 5) is 28.5. The Bertz CT molecular complexity index is 1010. The molecule has 1 aromatic carbocycles. The maximum absolute atomic E-state index is 13.3. The van der Waals surface area contributed by atoms with Crippen LogP contribution >= 0.6 is 34.5 Å². The highest BCUT2D eigenvalue weighted by molar-refractivity contribution is 7.21. The van der Waals surface area contributed by atoms with Gasteiger partial charge in [-0.2, -0.15) is 0 Å². The van der Waals surface area contributed by atoms with Crippen molar-refractivity contribution in [2.75, 3.05) is 5.32 Å². The molecule has 2 aromatic heterocycles. The van der Waals surface area contributed by atoms with E-state index in [2.05, 4.69) is 10.3 Å². The molecule has 0 aliphatic rings. The number of hydrogen-bond donors (Lipinski definition) is 1. The summed E-state index contributed by atoms with van der Waals surface area (Å²) in [5.74, 6) is -1.77. The van der Waals surface area contributed by atoms with Crippen molar-refractivity contribution >= 4 is 62.2 Å². The summed E-state index contributed by atoms with van der Waals surface area (Å²) in [5, 5.41) is 3.36. The molecule has 3 rings (SSSR count). The van der Waals surface area contributed by atoms with Crippen LogP contribution in [-0.4, -0.2) is 23.0 Å². The van der Waals surface area contributed by atoms with Gasteiger partial charge in [-0.25, -0.2) is 14.2 Å². The molecule has 0 unspecified atom stereocenters. The van der Waals surface area contributed by atoms with Gasteiger partial charge in [-0.05, 0) is 37.3 Å². The molecule has 1 amide bonds. The lowest BCUT2D eigenvalue weighted by Crippen LogP contribution is -2.30. The van der Waals surface area contributed by atoms with Crippen LogP contribution in [0, 0.1) is 5.82 Å². The third kappa shape index (κ3) is 3.80. The summed E-state index contributed by atoms with van der Waals surface area (Å²) in [6.07, 6.45) is 0.380. The summed E-state index contributed by atoms with van der Waals surface area (Å²) in [5.41, 5.74) is 0.303. The summed E-state index contributed by atoms with van der Waals surface area (Å²) in [6, 6.07) is 7.20. The zero-order chi connectivity index (χ0) is 18.8. The second-order valence-corrected chi connectivity index (χ2v) is 7.05. The number of anilines is 1. The molecule has 3 aromatic rings. The van der Waals surface area contributed by atoms with Crippen LogP contribution in [0.15, 0.2) is 36.5 Å². The van der Waals surface area contributed by atoms with Crippen LogP contribution in [0.3, 0.4) is 0 Å². The molecule has 0 radical (unpaired) electrons. The fourth-order valence-electron chi connectivity index (χ4n) is 2.15. The quantitative estimate of drug-likeness (QED) is 0.487. The molecular formula is C17H11Cl2FN2O3S. The Morgan fingerprint density at radius 1 is 1.31 bits per heavy atom. The van der Waals surface area contributed by atoms with Crippen LogP contribution in [0.4, 0.5) is 10.1 Å². The van der Waals surface area contributed by atoms with Crippen LogP contribution < -0.4 is 5.32 Å². The number of carbonyl (C=O) groups is 2. The van der Waals surface area contributed by atoms with Crippen LogP contribution in [-0.2, 0) is 9.53 Å². The van der Waals surface area contributed by atoms with E-state index < -0.39 is 23.8 Å². The molecule has 2 heterocycles. The normalized spacial score (nSPS) is 12.0. The number of hydrogen-bond acceptors (Lipinski definition) is 5. The minimum atomic E-state index is -1.10. The van der Waals surface area contributed by atoms with E-state index in [0.29, 0.717) is 15.8 Å². The smallest absolute Gasteiger partial charge is 0.350 e. The molecule has 0 aliphatic heterocycles. The highest BCUT2D eigenvalue weighted by atomic mass is 35.5. The van der Waals surface area contributed by atoms with Gasteiger partial charge in [0.15, 0.2) is 11.3 Å². The minimum absolute atomic E-state index is 0.103. The number of amides is 1. The first kappa shape index (κ1) is 18.6. The Balaban J connectivity index is 1.74. The van der Waals surface area contributed by atoms with Crippen molar-refractivity contribution in [3.05, 3.63) is 57.4 Å². The van der Waals surface area contributed by atoms with E-state index in [0.717, 1.165) is 11.3 Å². The number of carbonyl (C=O) groups excluding carboxylic acids is 2. The molecule has 0 bridgehead atoms. The predicted octanol–water partition coefficient (Wildman–Crippen LogP) is 4.93. The van der Waals surface area contributed by atoms with Crippen molar-refractivity contribution in [2.24, 2.45) is 0 Å². The van der Waals surface area contributed by atoms with E-state index >= 15 is 0 Å². The Kier molecular flexibility index (Phi) is 5.41. The molecule has 134 valence electrons. The Hall–Kier alpha value is -2.22. The number of aromatic nitrogens is 1. The molecule has 0 fully saturated rings. The van der Waals surface area contributed by atoms with E-state index in [9.17, 15) is 14.0 Å². The van der Waals surface area contributed by atoms with Gasteiger partial charge in [0.25, 0.3) is 5.91 Å². The molecule has 0 aliphatic carbocycles. The first-order valence-corrected chi connectivity index (χ1v) is 8.94. The molecule has 1 N–H and O–H groups in total. The largest absolute Gasteiger partial charge is 0.448 e. The number of nitrogens with one attached hydrogen (secondary N) is 1. The number of nitrogens with zero attached hydrogens (tertiary/aromatic N) is 1. The zero-order valence-electron chi connectivity index (χ0n) is 13.3. The third-order valence-electron chi connectivity index (χ3n) is 3.45. The highest BCUT2D eigenvalue weighted by Crippen LogP contribution is 2.36. The SMILES string of the molecule is C[C@H](OC(=O)c1sc2cc(F)ccc2c1Cl)C(=O)Nc1cccnc1Cl. The predicted molar refractivity (Wildman–Crippen MR) is 99.5 cm³/mol. The van der Waals surface area contributed by atoms with E-state index in [4.69, 9.17) is 27.9 Å². The molecule has 0 spiro atoms. The van der Waals surface area contributed by atoms with Gasteiger partial charge in [0.05, 0.1) is 10.7 Å². The number of halogens is 3. The van der Waals surface area contributed by atoms with Crippen LogP contribution in [0.25, 0.3) is 10.1 Å². The van der Waals surface area contributed by atoms with E-state index in [1.54, 1.807) is 12.1 Å². The van der Waals surface area contributed by atoms with Crippen LogP contribution in [0.5, 0.6) is 0 Å². The lowest BCUT2D eigenvalue weighted by Gasteiger charge is -2.13. The summed E-state index contributed by atoms with van der Waals surface area (Å²) in [7, 11) is 0.